The number of carbonyl (C=O) groups is 2. The van der Waals surface area contributed by atoms with Crippen LogP contribution in [0, 0.1) is 6.92 Å². The smallest absolute Gasteiger partial charge is 0.255 e. The first-order valence-corrected chi connectivity index (χ1v) is 10.7. The van der Waals surface area contributed by atoms with Gasteiger partial charge in [-0.1, -0.05) is 42.1 Å². The molecule has 1 fully saturated rings. The summed E-state index contributed by atoms with van der Waals surface area (Å²) in [7, 11) is 3.96. The van der Waals surface area contributed by atoms with Crippen molar-refractivity contribution in [1.82, 2.24) is 4.90 Å². The summed E-state index contributed by atoms with van der Waals surface area (Å²) in [5.74, 6) is 0.0653. The molecule has 0 aromatic heterocycles. The van der Waals surface area contributed by atoms with Crippen LogP contribution in [0.25, 0.3) is 0 Å². The van der Waals surface area contributed by atoms with E-state index in [0.717, 1.165) is 22.5 Å². The molecular formula is C23H24N4O2S. The van der Waals surface area contributed by atoms with Crippen LogP contribution in [0.4, 0.5) is 11.4 Å². The molecule has 1 unspecified atom stereocenters. The zero-order valence-electron chi connectivity index (χ0n) is 17.5. The topological polar surface area (TPSA) is 65.0 Å². The SMILES string of the molecule is CC1=C(C(=O)Nc2ccccc2C)C(c2ccc(N(C)C)cc2)N2C(=O)CSC2=N1. The zero-order valence-corrected chi connectivity index (χ0v) is 18.3. The predicted octanol–water partition coefficient (Wildman–Crippen LogP) is 3.96. The molecule has 1 saturated heterocycles. The monoisotopic (exact) mass is 420 g/mol. The van der Waals surface area contributed by atoms with Crippen molar-refractivity contribution in [2.24, 2.45) is 4.99 Å². The molecule has 2 aliphatic rings. The van der Waals surface area contributed by atoms with Gasteiger partial charge < -0.3 is 10.2 Å². The second kappa shape index (κ2) is 7.99. The molecule has 1 N–H and O–H groups in total. The number of hydrogen-bond acceptors (Lipinski definition) is 5. The highest BCUT2D eigenvalue weighted by Gasteiger charge is 2.42. The Morgan fingerprint density at radius 3 is 2.50 bits per heavy atom. The zero-order chi connectivity index (χ0) is 21.4. The number of fused-ring (bicyclic) bond motifs is 1. The van der Waals surface area contributed by atoms with E-state index >= 15 is 0 Å². The van der Waals surface area contributed by atoms with Crippen LogP contribution in [0.1, 0.15) is 24.1 Å². The Bertz CT molecular complexity index is 1070. The summed E-state index contributed by atoms with van der Waals surface area (Å²) in [6.45, 7) is 3.79. The molecule has 7 heteroatoms. The summed E-state index contributed by atoms with van der Waals surface area (Å²) >= 11 is 1.42. The summed E-state index contributed by atoms with van der Waals surface area (Å²) in [6.07, 6.45) is 0. The average Bonchev–Trinajstić information content (AvgIpc) is 3.09. The van der Waals surface area contributed by atoms with Crippen LogP contribution in [-0.4, -0.2) is 41.7 Å². The van der Waals surface area contributed by atoms with Gasteiger partial charge in [-0.25, -0.2) is 4.99 Å². The first-order chi connectivity index (χ1) is 14.4. The van der Waals surface area contributed by atoms with Gasteiger partial charge in [0.1, 0.15) is 0 Å². The van der Waals surface area contributed by atoms with E-state index in [9.17, 15) is 9.59 Å². The highest BCUT2D eigenvalue weighted by atomic mass is 32.2. The molecular weight excluding hydrogens is 396 g/mol. The van der Waals surface area contributed by atoms with Gasteiger partial charge in [0.05, 0.1) is 23.1 Å². The molecule has 0 saturated carbocycles. The third kappa shape index (κ3) is 3.61. The van der Waals surface area contributed by atoms with E-state index in [4.69, 9.17) is 0 Å². The third-order valence-corrected chi connectivity index (χ3v) is 6.28. The Labute approximate surface area is 180 Å². The standard InChI is InChI=1S/C23H24N4O2S/c1-14-7-5-6-8-18(14)25-22(29)20-15(2)24-23-27(19(28)13-30-23)21(20)16-9-11-17(12-10-16)26(3)4/h5-12,21H,13H2,1-4H3,(H,25,29). The van der Waals surface area contributed by atoms with Crippen molar-refractivity contribution in [2.45, 2.75) is 19.9 Å². The van der Waals surface area contributed by atoms with Gasteiger partial charge in [0, 0.05) is 25.5 Å². The molecule has 1 atom stereocenters. The Morgan fingerprint density at radius 2 is 1.83 bits per heavy atom. The van der Waals surface area contributed by atoms with Crippen LogP contribution >= 0.6 is 11.8 Å². The molecule has 2 aromatic carbocycles. The van der Waals surface area contributed by atoms with Crippen molar-refractivity contribution in [2.75, 3.05) is 30.1 Å². The van der Waals surface area contributed by atoms with Crippen LogP contribution in [-0.2, 0) is 9.59 Å². The first kappa shape index (κ1) is 20.2. The normalized spacial score (nSPS) is 18.3. The van der Waals surface area contributed by atoms with Crippen LogP contribution in [0.5, 0.6) is 0 Å². The average molecular weight is 421 g/mol. The first-order valence-electron chi connectivity index (χ1n) is 9.75. The fourth-order valence-electron chi connectivity index (χ4n) is 3.71. The molecule has 0 radical (unpaired) electrons. The molecule has 2 aliphatic heterocycles. The quantitative estimate of drug-likeness (QED) is 0.813. The summed E-state index contributed by atoms with van der Waals surface area (Å²) in [5, 5.41) is 3.67. The maximum Gasteiger partial charge on any atom is 0.255 e. The van der Waals surface area contributed by atoms with Gasteiger partial charge in [0.25, 0.3) is 5.91 Å². The van der Waals surface area contributed by atoms with Crippen LogP contribution < -0.4 is 10.2 Å². The fraction of sp³-hybridized carbons (Fsp3) is 0.261. The second-order valence-corrected chi connectivity index (χ2v) is 8.55. The molecule has 0 spiro atoms. The lowest BCUT2D eigenvalue weighted by Gasteiger charge is -2.33. The molecule has 154 valence electrons. The van der Waals surface area contributed by atoms with Crippen LogP contribution in [0.2, 0.25) is 0 Å². The van der Waals surface area contributed by atoms with Crippen molar-refractivity contribution < 1.29 is 9.59 Å². The number of hydrogen-bond donors (Lipinski definition) is 1. The number of aryl methyl sites for hydroxylation is 1. The van der Waals surface area contributed by atoms with Crippen molar-refractivity contribution in [3.8, 4) is 0 Å². The lowest BCUT2D eigenvalue weighted by atomic mass is 9.93. The summed E-state index contributed by atoms with van der Waals surface area (Å²) in [5.41, 5.74) is 4.80. The number of carbonyl (C=O) groups excluding carboxylic acids is 2. The van der Waals surface area contributed by atoms with Crippen molar-refractivity contribution in [3.63, 3.8) is 0 Å². The minimum Gasteiger partial charge on any atom is -0.378 e. The van der Waals surface area contributed by atoms with E-state index in [1.807, 2.05) is 81.4 Å². The lowest BCUT2D eigenvalue weighted by Crippen LogP contribution is -2.40. The van der Waals surface area contributed by atoms with Crippen molar-refractivity contribution >= 4 is 40.1 Å². The van der Waals surface area contributed by atoms with Gasteiger partial charge in [-0.05, 0) is 43.2 Å². The number of nitrogens with one attached hydrogen (secondary N) is 1. The maximum absolute atomic E-state index is 13.4. The number of amidine groups is 1. The van der Waals surface area contributed by atoms with Gasteiger partial charge in [-0.15, -0.1) is 0 Å². The molecule has 0 aliphatic carbocycles. The number of aliphatic imine (C=N–C) groups is 1. The van der Waals surface area contributed by atoms with Crippen LogP contribution in [0.3, 0.4) is 0 Å². The predicted molar refractivity (Wildman–Crippen MR) is 123 cm³/mol. The highest BCUT2D eigenvalue weighted by Crippen LogP contribution is 2.41. The Morgan fingerprint density at radius 1 is 1.13 bits per heavy atom. The molecule has 2 heterocycles. The number of benzene rings is 2. The van der Waals surface area contributed by atoms with Gasteiger partial charge in [-0.2, -0.15) is 0 Å². The Hall–Kier alpha value is -3.06. The lowest BCUT2D eigenvalue weighted by molar-refractivity contribution is -0.125. The Kier molecular flexibility index (Phi) is 5.39. The number of para-hydroxylation sites is 1. The minimum absolute atomic E-state index is 0.0332. The van der Waals surface area contributed by atoms with E-state index in [2.05, 4.69) is 10.3 Å². The van der Waals surface area contributed by atoms with Gasteiger partial charge in [0.15, 0.2) is 5.17 Å². The van der Waals surface area contributed by atoms with Crippen molar-refractivity contribution in [1.29, 1.82) is 0 Å². The molecule has 2 aromatic rings. The number of anilines is 2. The summed E-state index contributed by atoms with van der Waals surface area (Å²) < 4.78 is 0. The molecule has 30 heavy (non-hydrogen) atoms. The Balaban J connectivity index is 1.77. The number of nitrogens with zero attached hydrogens (tertiary/aromatic N) is 3. The fourth-order valence-corrected chi connectivity index (χ4v) is 4.64. The van der Waals surface area contributed by atoms with E-state index in [1.165, 1.54) is 11.8 Å². The van der Waals surface area contributed by atoms with E-state index in [1.54, 1.807) is 4.90 Å². The second-order valence-electron chi connectivity index (χ2n) is 7.60. The summed E-state index contributed by atoms with van der Waals surface area (Å²) in [6, 6.07) is 15.1. The van der Waals surface area contributed by atoms with E-state index in [0.29, 0.717) is 22.2 Å². The largest absolute Gasteiger partial charge is 0.378 e. The summed E-state index contributed by atoms with van der Waals surface area (Å²) in [4.78, 5) is 34.4. The molecule has 4 rings (SSSR count). The van der Waals surface area contributed by atoms with Crippen LogP contribution in [0.15, 0.2) is 64.8 Å². The molecule has 2 amide bonds. The number of rotatable bonds is 4. The highest BCUT2D eigenvalue weighted by molar-refractivity contribution is 8.15. The number of amides is 2. The molecule has 0 bridgehead atoms. The van der Waals surface area contributed by atoms with Crippen molar-refractivity contribution in [3.05, 3.63) is 70.9 Å². The minimum atomic E-state index is -0.500. The van der Waals surface area contributed by atoms with E-state index < -0.39 is 6.04 Å². The molecule has 6 nitrogen and oxygen atoms in total. The van der Waals surface area contributed by atoms with Gasteiger partial charge in [0.2, 0.25) is 5.91 Å². The van der Waals surface area contributed by atoms with Gasteiger partial charge in [-0.3, -0.25) is 14.5 Å². The number of thioether (sulfide) groups is 1. The third-order valence-electron chi connectivity index (χ3n) is 5.35. The van der Waals surface area contributed by atoms with Gasteiger partial charge >= 0.3 is 0 Å². The number of allylic oxidation sites excluding steroid dienone is 1. The maximum atomic E-state index is 13.4. The van der Waals surface area contributed by atoms with E-state index in [-0.39, 0.29) is 11.8 Å².